The van der Waals surface area contributed by atoms with Crippen LogP contribution in [0, 0.1) is 241 Å². The number of hydrogen-bond donors (Lipinski definition) is 0. The van der Waals surface area contributed by atoms with Crippen LogP contribution < -0.4 is 0 Å². The first kappa shape index (κ1) is 92.7. The van der Waals surface area contributed by atoms with E-state index >= 15 is 0 Å². The lowest BCUT2D eigenvalue weighted by molar-refractivity contribution is -0.0139. The summed E-state index contributed by atoms with van der Waals surface area (Å²) >= 11 is 0. The van der Waals surface area contributed by atoms with Crippen molar-refractivity contribution in [3.8, 4) is 0 Å². The van der Waals surface area contributed by atoms with E-state index in [2.05, 4.69) is 201 Å². The Hall–Kier alpha value is 0. The van der Waals surface area contributed by atoms with E-state index in [1.54, 1.807) is 148 Å². The van der Waals surface area contributed by atoms with Crippen molar-refractivity contribution in [3.63, 3.8) is 0 Å². The maximum absolute atomic E-state index is 2.64. The normalized spacial score (nSPS) is 52.0. The first-order chi connectivity index (χ1) is 55.0. The Bertz CT molecular complexity index is 3340. The fourth-order valence-electron chi connectivity index (χ4n) is 40.7. The highest BCUT2D eigenvalue weighted by atomic mass is 14.8. The minimum atomic E-state index is 0.545. The van der Waals surface area contributed by atoms with Gasteiger partial charge in [0.2, 0.25) is 0 Å². The average Bonchev–Trinajstić information content (AvgIpc) is 1.45. The van der Waals surface area contributed by atoms with Gasteiger partial charge in [0.05, 0.1) is 0 Å². The average molecular weight is 1630 g/mol. The summed E-state index contributed by atoms with van der Waals surface area (Å²) in [5.41, 5.74) is 9.99. The van der Waals surface area contributed by atoms with E-state index in [4.69, 9.17) is 0 Å². The van der Waals surface area contributed by atoms with Crippen LogP contribution in [0.1, 0.15) is 503 Å². The molecule has 0 saturated heterocycles. The van der Waals surface area contributed by atoms with Crippen LogP contribution in [0.15, 0.2) is 0 Å². The van der Waals surface area contributed by atoms with Crippen LogP contribution in [-0.4, -0.2) is 0 Å². The number of unbranched alkanes of at least 4 members (excludes halogenated alkanes) is 1. The Morgan fingerprint density at radius 1 is 0.314 bits per heavy atom. The predicted octanol–water partition coefficient (Wildman–Crippen LogP) is 36.5. The molecule has 24 saturated carbocycles. The fraction of sp³-hybridized carbons (Fsp3) is 1.00. The van der Waals surface area contributed by atoms with Gasteiger partial charge in [0, 0.05) is 0 Å². The molecule has 118 heavy (non-hydrogen) atoms. The summed E-state index contributed by atoms with van der Waals surface area (Å²) in [6.45, 7) is 71.8. The van der Waals surface area contributed by atoms with Gasteiger partial charge in [-0.2, -0.15) is 0 Å². The van der Waals surface area contributed by atoms with Crippen molar-refractivity contribution < 1.29 is 0 Å². The molecule has 0 N–H and O–H groups in total. The van der Waals surface area contributed by atoms with Crippen LogP contribution in [0.3, 0.4) is 0 Å². The highest BCUT2D eigenvalue weighted by molar-refractivity contribution is 5.20. The zero-order valence-corrected chi connectivity index (χ0v) is 85.3. The van der Waals surface area contributed by atoms with Crippen LogP contribution >= 0.6 is 0 Å². The van der Waals surface area contributed by atoms with Crippen molar-refractivity contribution in [2.75, 3.05) is 0 Å². The first-order valence-corrected chi connectivity index (χ1v) is 55.0. The molecule has 0 nitrogen and oxygen atoms in total. The molecule has 22 bridgehead atoms. The van der Waals surface area contributed by atoms with E-state index in [0.717, 1.165) is 164 Å². The highest BCUT2D eigenvalue weighted by Gasteiger charge is 2.71. The van der Waals surface area contributed by atoms with Gasteiger partial charge in [0.15, 0.2) is 0 Å². The molecule has 0 amide bonds. The molecule has 24 fully saturated rings. The minimum Gasteiger partial charge on any atom is -0.0654 e. The summed E-state index contributed by atoms with van der Waals surface area (Å²) in [7, 11) is 0. The largest absolute Gasteiger partial charge is 0.0654 e. The van der Waals surface area contributed by atoms with E-state index < -0.39 is 0 Å². The Kier molecular flexibility index (Phi) is 26.0. The van der Waals surface area contributed by atoms with Gasteiger partial charge >= 0.3 is 0 Å². The van der Waals surface area contributed by atoms with E-state index in [1.807, 2.05) is 0 Å². The molecule has 680 valence electrons. The van der Waals surface area contributed by atoms with Crippen LogP contribution in [0.4, 0.5) is 0 Å². The summed E-state index contributed by atoms with van der Waals surface area (Å²) in [6, 6.07) is 0. The first-order valence-electron chi connectivity index (χ1n) is 55.0. The molecule has 0 aromatic rings. The summed E-state index contributed by atoms with van der Waals surface area (Å²) < 4.78 is 0. The summed E-state index contributed by atoms with van der Waals surface area (Å²) in [5.74, 6) is 29.7. The molecule has 34 atom stereocenters. The second kappa shape index (κ2) is 33.1. The van der Waals surface area contributed by atoms with Gasteiger partial charge in [0.1, 0.15) is 0 Å². The molecule has 0 aromatic heterocycles. The third-order valence-electron chi connectivity index (χ3n) is 51.1. The zero-order chi connectivity index (χ0) is 85.3. The Morgan fingerprint density at radius 3 is 1.19 bits per heavy atom. The van der Waals surface area contributed by atoms with Crippen LogP contribution in [0.2, 0.25) is 0 Å². The second-order valence-electron chi connectivity index (χ2n) is 57.9. The third kappa shape index (κ3) is 15.9. The molecule has 0 aliphatic heterocycles. The third-order valence-corrected chi connectivity index (χ3v) is 51.1. The summed E-state index contributed by atoms with van der Waals surface area (Å²) in [6.07, 6.45) is 71.7. The van der Waals surface area contributed by atoms with Gasteiger partial charge in [0.25, 0.3) is 0 Å². The molecule has 29 unspecified atom stereocenters. The Labute approximate surface area is 738 Å². The lowest BCUT2D eigenvalue weighted by Gasteiger charge is -2.50. The van der Waals surface area contributed by atoms with Crippen LogP contribution in [0.25, 0.3) is 0 Å². The molecule has 0 aromatic carbocycles. The van der Waals surface area contributed by atoms with Gasteiger partial charge in [-0.1, -0.05) is 278 Å². The second-order valence-corrected chi connectivity index (χ2v) is 57.9. The van der Waals surface area contributed by atoms with Gasteiger partial charge < -0.3 is 0 Å². The van der Waals surface area contributed by atoms with Crippen molar-refractivity contribution in [2.45, 2.75) is 503 Å². The standard InChI is InChI=1S/C15H24.C13H22.C12H20.4C12H22.C11H20.C10H18.C9H16/c1-14(2)7-11-8-15(14,3)13-10-5-4-9(6-10)12(11)13;1-3-13(2)8-9-7-12(13)11-6-4-5-10(9)11;1-12(2)7-8-6-11(12)10-5-3-4-9(8)10;1-10(2)9-6-7-12(5,8-9)11(10,3)4;1-10(2)8-9-6-7-12(10,5)11(9,3)4;1-4-9(2)12(3)8-10-5-6-11(12)7-10;1-3-4-7-12(2)9-10-5-6-11(12)8-10;1-8(2)11(3)7-9-4-5-10(11)6-9;1-3-10(2)7-8-4-5-9(10)6-8;1-9(2)6-7-3-4-8(9)5-7/h9-13H,4-8H2,1-3H3;9-12H,3-8H2,1-2H3;8-11H,3-7H2,1-2H3;2*9H,6-8H2,1-5H3;9-11H,4-8H2,1-3H3;10-11H,3-9H2,1-2H3;8-10H,4-7H2,1-3H3;8-9H,3-7H2,1-2H3;7-8H,3-6H2,1-2H3/t;9?,10?,11?,12?,13-;;;;9?,10?,11?,12-;10?,11?,12-;9?,10?,11-;8?,9?,10-;/m.0...1010./s1. The molecule has 0 spiro atoms. The number of fused-ring (bicyclic) bond motifs is 33. The van der Waals surface area contributed by atoms with E-state index in [9.17, 15) is 0 Å². The Morgan fingerprint density at radius 2 is 0.797 bits per heavy atom. The molecular formula is C118H208. The molecule has 24 rings (SSSR count). The molecule has 0 radical (unpaired) electrons. The lowest BCUT2D eigenvalue weighted by atomic mass is 9.55. The number of rotatable bonds is 8. The van der Waals surface area contributed by atoms with Crippen molar-refractivity contribution in [3.05, 3.63) is 0 Å². The molecule has 24 aliphatic rings. The van der Waals surface area contributed by atoms with Crippen molar-refractivity contribution in [2.24, 2.45) is 241 Å². The SMILES string of the molecule is CC(C)[C@@]1(C)CC2CCC1C2.CC1(C)CC2CC1(C)C1C3CCC(C3)C21.CC1(C)CC2CC1C1CCCC21.CC1(C)CC2CCC1(C)C2(C)C.CC1(C)CC2CCC1C2.CC12CCC(C1)C(C)(C)C2(C)C.CCC(C)[C@@]1(C)CC2CCC1C2.CCCC[C@@]1(C)CC2CCC1C2.CC[C@@]1(C)CC2CC1C1CCCC21.CC[C@@]1(C)CC2CCC1C2. The van der Waals surface area contributed by atoms with E-state index in [0.29, 0.717) is 59.6 Å². The van der Waals surface area contributed by atoms with E-state index in [-0.39, 0.29) is 0 Å². The summed E-state index contributed by atoms with van der Waals surface area (Å²) in [4.78, 5) is 0. The monoisotopic (exact) mass is 1630 g/mol. The summed E-state index contributed by atoms with van der Waals surface area (Å²) in [5, 5.41) is 0. The van der Waals surface area contributed by atoms with E-state index in [1.165, 1.54) is 172 Å². The number of hydrogen-bond acceptors (Lipinski definition) is 0. The topological polar surface area (TPSA) is 0 Å². The minimum absolute atomic E-state index is 0.545. The molecular weight excluding hydrogens is 1420 g/mol. The van der Waals surface area contributed by atoms with Gasteiger partial charge in [-0.25, -0.2) is 0 Å². The van der Waals surface area contributed by atoms with Crippen molar-refractivity contribution in [1.82, 2.24) is 0 Å². The van der Waals surface area contributed by atoms with Crippen molar-refractivity contribution >= 4 is 0 Å². The maximum atomic E-state index is 2.64. The smallest absolute Gasteiger partial charge is 0.0220 e. The van der Waals surface area contributed by atoms with Gasteiger partial charge in [-0.05, 0) is 466 Å². The fourth-order valence-corrected chi connectivity index (χ4v) is 40.7. The molecule has 0 heteroatoms. The quantitative estimate of drug-likeness (QED) is 0.213. The van der Waals surface area contributed by atoms with Crippen molar-refractivity contribution in [1.29, 1.82) is 0 Å². The highest BCUT2D eigenvalue weighted by Crippen LogP contribution is 2.79. The predicted molar refractivity (Wildman–Crippen MR) is 512 cm³/mol. The van der Waals surface area contributed by atoms with Gasteiger partial charge in [-0.3, -0.25) is 0 Å². The van der Waals surface area contributed by atoms with Crippen LogP contribution in [-0.2, 0) is 0 Å². The molecule has 24 aliphatic carbocycles. The van der Waals surface area contributed by atoms with Gasteiger partial charge in [-0.15, -0.1) is 0 Å². The lowest BCUT2D eigenvalue weighted by Crippen LogP contribution is -2.43. The zero-order valence-electron chi connectivity index (χ0n) is 85.3. The Balaban J connectivity index is 0.000000103. The van der Waals surface area contributed by atoms with Crippen LogP contribution in [0.5, 0.6) is 0 Å². The molecule has 0 heterocycles. The maximum Gasteiger partial charge on any atom is -0.0220 e.